The van der Waals surface area contributed by atoms with Gasteiger partial charge >= 0.3 is 0 Å². The van der Waals surface area contributed by atoms with Gasteiger partial charge in [-0.15, -0.1) is 0 Å². The molecule has 0 heteroatoms. The molecule has 0 aliphatic rings. The van der Waals surface area contributed by atoms with Crippen molar-refractivity contribution in [2.24, 2.45) is 22.2 Å². The van der Waals surface area contributed by atoms with E-state index in [0.717, 1.165) is 12.8 Å². The molecule has 0 amide bonds. The van der Waals surface area contributed by atoms with Gasteiger partial charge in [-0.3, -0.25) is 0 Å². The van der Waals surface area contributed by atoms with Crippen molar-refractivity contribution in [1.82, 2.24) is 0 Å². The van der Waals surface area contributed by atoms with Gasteiger partial charge in [0.25, 0.3) is 0 Å². The van der Waals surface area contributed by atoms with Crippen molar-refractivity contribution in [2.75, 3.05) is 0 Å². The highest BCUT2D eigenvalue weighted by Crippen LogP contribution is 2.57. The lowest BCUT2D eigenvalue weighted by Gasteiger charge is -2.56. The molecule has 0 nitrogen and oxygen atoms in total. The molecule has 0 heterocycles. The highest BCUT2D eigenvalue weighted by atomic mass is 14.5. The third-order valence-corrected chi connectivity index (χ3v) is 4.50. The van der Waals surface area contributed by atoms with Crippen LogP contribution in [0.15, 0.2) is 12.2 Å². The molecule has 0 bridgehead atoms. The Bertz CT molecular complexity index is 262. The molecule has 102 valence electrons. The maximum atomic E-state index is 4.37. The molecule has 0 rings (SSSR count). The Hall–Kier alpha value is -0.260. The Balaban J connectivity index is 5.70. The van der Waals surface area contributed by atoms with Gasteiger partial charge in [0.1, 0.15) is 0 Å². The van der Waals surface area contributed by atoms with Gasteiger partial charge in [-0.1, -0.05) is 67.0 Å². The smallest absolute Gasteiger partial charge is 0.0284 e. The Kier molecular flexibility index (Phi) is 5.08. The van der Waals surface area contributed by atoms with Crippen LogP contribution in [0, 0.1) is 29.1 Å². The summed E-state index contributed by atoms with van der Waals surface area (Å²) in [7, 11) is 0. The monoisotopic (exact) mass is 237 g/mol. The van der Waals surface area contributed by atoms with Crippen molar-refractivity contribution in [2.45, 2.75) is 68.2 Å². The third-order valence-electron chi connectivity index (χ3n) is 4.50. The molecule has 0 spiro atoms. The van der Waals surface area contributed by atoms with Gasteiger partial charge in [-0.25, -0.2) is 0 Å². The number of hydrogen-bond acceptors (Lipinski definition) is 0. The van der Waals surface area contributed by atoms with E-state index in [1.165, 1.54) is 5.57 Å². The summed E-state index contributed by atoms with van der Waals surface area (Å²) in [6.07, 6.45) is 2.32. The summed E-state index contributed by atoms with van der Waals surface area (Å²) in [5.41, 5.74) is 1.96. The fraction of sp³-hybridized carbons (Fsp3) is 0.824. The molecule has 17 heavy (non-hydrogen) atoms. The predicted molar refractivity (Wildman–Crippen MR) is 79.9 cm³/mol. The van der Waals surface area contributed by atoms with Gasteiger partial charge < -0.3 is 6.92 Å². The standard InChI is InChI=1S/C17H33/c1-11-16(9,10)17(13(2)3,14(4)5)12-15(6,7)8/h13H,2,4,11-12H2,1,3,5-10H3/q-1. The van der Waals surface area contributed by atoms with E-state index in [2.05, 4.69) is 68.9 Å². The van der Waals surface area contributed by atoms with Gasteiger partial charge in [0.2, 0.25) is 0 Å². The van der Waals surface area contributed by atoms with Gasteiger partial charge in [-0.05, 0) is 29.6 Å². The number of hydrogen-bond donors (Lipinski definition) is 0. The quantitative estimate of drug-likeness (QED) is 0.413. The van der Waals surface area contributed by atoms with Crippen molar-refractivity contribution in [3.05, 3.63) is 19.1 Å². The predicted octanol–water partition coefficient (Wildman–Crippen LogP) is 5.89. The van der Waals surface area contributed by atoms with Crippen LogP contribution in [-0.4, -0.2) is 0 Å². The molecule has 0 saturated carbocycles. The molecule has 0 aromatic rings. The van der Waals surface area contributed by atoms with Gasteiger partial charge in [-0.2, -0.15) is 5.92 Å². The second kappa shape index (κ2) is 5.16. The van der Waals surface area contributed by atoms with Crippen molar-refractivity contribution in [3.63, 3.8) is 0 Å². The fourth-order valence-electron chi connectivity index (χ4n) is 3.38. The minimum atomic E-state index is 0.125. The van der Waals surface area contributed by atoms with E-state index in [-0.39, 0.29) is 10.8 Å². The first-order valence-corrected chi connectivity index (χ1v) is 6.90. The molecule has 0 aromatic carbocycles. The van der Waals surface area contributed by atoms with Crippen LogP contribution in [0.5, 0.6) is 0 Å². The molecule has 2 unspecified atom stereocenters. The van der Waals surface area contributed by atoms with Crippen molar-refractivity contribution >= 4 is 0 Å². The summed E-state index contributed by atoms with van der Waals surface area (Å²) in [5.74, 6) is 0.383. The lowest BCUT2D eigenvalue weighted by molar-refractivity contribution is 0.0195. The first kappa shape index (κ1) is 16.7. The molecule has 0 saturated heterocycles. The Labute approximate surface area is 110 Å². The molecular formula is C17H33-. The summed E-state index contributed by atoms with van der Waals surface area (Å²) in [6, 6.07) is 0. The fourth-order valence-corrected chi connectivity index (χ4v) is 3.38. The highest BCUT2D eigenvalue weighted by molar-refractivity contribution is 5.17. The van der Waals surface area contributed by atoms with E-state index in [1.54, 1.807) is 0 Å². The number of allylic oxidation sites excluding steroid dienone is 1. The summed E-state index contributed by atoms with van der Waals surface area (Å²) >= 11 is 0. The number of rotatable bonds is 5. The lowest BCUT2D eigenvalue weighted by atomic mass is 9.51. The van der Waals surface area contributed by atoms with Gasteiger partial charge in [0.15, 0.2) is 0 Å². The summed E-state index contributed by atoms with van der Waals surface area (Å²) < 4.78 is 0. The van der Waals surface area contributed by atoms with Crippen LogP contribution >= 0.6 is 0 Å². The van der Waals surface area contributed by atoms with Gasteiger partial charge in [0.05, 0.1) is 0 Å². The maximum Gasteiger partial charge on any atom is -0.0284 e. The molecule has 2 atom stereocenters. The van der Waals surface area contributed by atoms with Crippen molar-refractivity contribution in [3.8, 4) is 0 Å². The zero-order chi connectivity index (χ0) is 14.1. The Morgan fingerprint density at radius 3 is 1.76 bits per heavy atom. The average Bonchev–Trinajstić information content (AvgIpc) is 2.11. The van der Waals surface area contributed by atoms with Crippen LogP contribution in [0.3, 0.4) is 0 Å². The third kappa shape index (κ3) is 3.36. The van der Waals surface area contributed by atoms with Gasteiger partial charge in [0, 0.05) is 0 Å². The second-order valence-corrected chi connectivity index (χ2v) is 7.63. The zero-order valence-electron chi connectivity index (χ0n) is 13.4. The van der Waals surface area contributed by atoms with Crippen LogP contribution in [0.2, 0.25) is 0 Å². The van der Waals surface area contributed by atoms with E-state index in [4.69, 9.17) is 0 Å². The minimum absolute atomic E-state index is 0.125. The van der Waals surface area contributed by atoms with Crippen LogP contribution in [0.4, 0.5) is 0 Å². The highest BCUT2D eigenvalue weighted by Gasteiger charge is 2.46. The van der Waals surface area contributed by atoms with E-state index < -0.39 is 0 Å². The first-order chi connectivity index (χ1) is 7.40. The van der Waals surface area contributed by atoms with Crippen LogP contribution in [0.25, 0.3) is 0 Å². The van der Waals surface area contributed by atoms with Crippen LogP contribution in [-0.2, 0) is 0 Å². The molecule has 0 fully saturated rings. The minimum Gasteiger partial charge on any atom is -0.340 e. The van der Waals surface area contributed by atoms with Crippen LogP contribution in [0.1, 0.15) is 68.2 Å². The average molecular weight is 237 g/mol. The topological polar surface area (TPSA) is 0 Å². The van der Waals surface area contributed by atoms with Crippen molar-refractivity contribution < 1.29 is 0 Å². The summed E-state index contributed by atoms with van der Waals surface area (Å²) in [6.45, 7) is 27.1. The Morgan fingerprint density at radius 2 is 1.59 bits per heavy atom. The second-order valence-electron chi connectivity index (χ2n) is 7.63. The lowest BCUT2D eigenvalue weighted by Crippen LogP contribution is -2.45. The molecule has 0 aliphatic heterocycles. The van der Waals surface area contributed by atoms with E-state index in [0.29, 0.717) is 11.3 Å². The van der Waals surface area contributed by atoms with Crippen LogP contribution < -0.4 is 0 Å². The zero-order valence-corrected chi connectivity index (χ0v) is 13.4. The molecular weight excluding hydrogens is 204 g/mol. The largest absolute Gasteiger partial charge is 0.340 e. The molecule has 0 N–H and O–H groups in total. The summed E-state index contributed by atoms with van der Waals surface area (Å²) in [5, 5.41) is 0. The van der Waals surface area contributed by atoms with E-state index in [9.17, 15) is 0 Å². The van der Waals surface area contributed by atoms with E-state index >= 15 is 0 Å². The normalized spacial score (nSPS) is 18.6. The van der Waals surface area contributed by atoms with Crippen molar-refractivity contribution in [1.29, 1.82) is 0 Å². The van der Waals surface area contributed by atoms with E-state index in [1.807, 2.05) is 0 Å². The molecule has 0 radical (unpaired) electrons. The molecule has 0 aliphatic carbocycles. The SMILES string of the molecule is C=C(C)C(CC(C)(C)C)(C([CH2-])C)C(C)(C)CC. The summed E-state index contributed by atoms with van der Waals surface area (Å²) in [4.78, 5) is 0. The Morgan fingerprint density at radius 1 is 1.18 bits per heavy atom. The maximum absolute atomic E-state index is 4.37. The molecule has 0 aromatic heterocycles. The first-order valence-electron chi connectivity index (χ1n) is 6.90.